The smallest absolute Gasteiger partial charge is 0.356 e. The lowest BCUT2D eigenvalue weighted by molar-refractivity contribution is 0.0690. The summed E-state index contributed by atoms with van der Waals surface area (Å²) in [7, 11) is 2.06. The number of likely N-dealkylation sites (N-methyl/N-ethyl adjacent to an activating group) is 1. The van der Waals surface area contributed by atoms with Crippen LogP contribution in [0.4, 0.5) is 11.6 Å². The third-order valence-corrected chi connectivity index (χ3v) is 3.71. The van der Waals surface area contributed by atoms with Crippen molar-refractivity contribution in [2.45, 2.75) is 13.0 Å². The summed E-state index contributed by atoms with van der Waals surface area (Å²) in [6.45, 7) is 1.83. The van der Waals surface area contributed by atoms with Crippen LogP contribution < -0.4 is 5.32 Å². The molecule has 0 saturated heterocycles. The van der Waals surface area contributed by atoms with Crippen molar-refractivity contribution in [1.29, 1.82) is 0 Å². The Kier molecular flexibility index (Phi) is 3.91. The molecule has 0 saturated carbocycles. The minimum absolute atomic E-state index is 0.00300. The van der Waals surface area contributed by atoms with Gasteiger partial charge in [0.25, 0.3) is 0 Å². The number of aromatic nitrogens is 3. The Morgan fingerprint density at radius 2 is 2.23 bits per heavy atom. The first-order valence-corrected chi connectivity index (χ1v) is 7.10. The number of pyridine rings is 1. The number of hydrogen-bond donors (Lipinski definition) is 2. The molecule has 0 aromatic carbocycles. The van der Waals surface area contributed by atoms with Crippen molar-refractivity contribution in [3.8, 4) is 0 Å². The zero-order valence-corrected chi connectivity index (χ0v) is 12.6. The molecule has 0 amide bonds. The van der Waals surface area contributed by atoms with Crippen LogP contribution in [0.15, 0.2) is 18.5 Å². The van der Waals surface area contributed by atoms with Gasteiger partial charge in [0.2, 0.25) is 5.95 Å². The SMILES string of the molecule is CN1CCc2ncc(Nc3ncc(Cl)c(C(=O)O)n3)cc2C1. The second-order valence-corrected chi connectivity index (χ2v) is 5.55. The Hall–Kier alpha value is -2.25. The van der Waals surface area contributed by atoms with E-state index in [0.29, 0.717) is 5.69 Å². The highest BCUT2D eigenvalue weighted by molar-refractivity contribution is 6.33. The average molecular weight is 320 g/mol. The molecule has 22 heavy (non-hydrogen) atoms. The molecule has 0 fully saturated rings. The van der Waals surface area contributed by atoms with Crippen molar-refractivity contribution in [2.24, 2.45) is 0 Å². The maximum absolute atomic E-state index is 11.0. The van der Waals surface area contributed by atoms with Gasteiger partial charge >= 0.3 is 5.97 Å². The predicted octanol–water partition coefficient (Wildman–Crippen LogP) is 1.95. The summed E-state index contributed by atoms with van der Waals surface area (Å²) < 4.78 is 0. The summed E-state index contributed by atoms with van der Waals surface area (Å²) in [5.41, 5.74) is 2.72. The monoisotopic (exact) mass is 319 g/mol. The normalized spacial score (nSPS) is 14.5. The largest absolute Gasteiger partial charge is 0.476 e. The topological polar surface area (TPSA) is 91.2 Å². The number of fused-ring (bicyclic) bond motifs is 1. The number of aromatic carboxylic acids is 1. The Bertz CT molecular complexity index is 737. The van der Waals surface area contributed by atoms with Crippen LogP contribution in [0.5, 0.6) is 0 Å². The van der Waals surface area contributed by atoms with Crippen LogP contribution in [0.2, 0.25) is 5.02 Å². The number of hydrogen-bond acceptors (Lipinski definition) is 6. The number of rotatable bonds is 3. The molecule has 7 nitrogen and oxygen atoms in total. The van der Waals surface area contributed by atoms with Gasteiger partial charge in [0.05, 0.1) is 23.1 Å². The highest BCUT2D eigenvalue weighted by Gasteiger charge is 2.16. The van der Waals surface area contributed by atoms with E-state index in [1.54, 1.807) is 6.20 Å². The maximum atomic E-state index is 11.0. The van der Waals surface area contributed by atoms with E-state index in [2.05, 4.69) is 32.2 Å². The lowest BCUT2D eigenvalue weighted by atomic mass is 10.1. The van der Waals surface area contributed by atoms with Gasteiger partial charge in [0.15, 0.2) is 5.69 Å². The first kappa shape index (κ1) is 14.7. The summed E-state index contributed by atoms with van der Waals surface area (Å²) in [6, 6.07) is 1.98. The van der Waals surface area contributed by atoms with Crippen LogP contribution in [0, 0.1) is 0 Å². The number of carbonyl (C=O) groups is 1. The van der Waals surface area contributed by atoms with E-state index in [4.69, 9.17) is 16.7 Å². The van der Waals surface area contributed by atoms with Gasteiger partial charge in [-0.15, -0.1) is 0 Å². The van der Waals surface area contributed by atoms with E-state index in [9.17, 15) is 4.79 Å². The fourth-order valence-electron chi connectivity index (χ4n) is 2.34. The molecule has 0 spiro atoms. The van der Waals surface area contributed by atoms with Gasteiger partial charge in [0.1, 0.15) is 0 Å². The Morgan fingerprint density at radius 1 is 1.41 bits per heavy atom. The van der Waals surface area contributed by atoms with Gasteiger partial charge in [-0.1, -0.05) is 11.6 Å². The number of halogens is 1. The van der Waals surface area contributed by atoms with Crippen molar-refractivity contribution in [3.63, 3.8) is 0 Å². The molecule has 2 N–H and O–H groups in total. The van der Waals surface area contributed by atoms with Gasteiger partial charge in [-0.05, 0) is 18.7 Å². The maximum Gasteiger partial charge on any atom is 0.356 e. The van der Waals surface area contributed by atoms with Crippen molar-refractivity contribution >= 4 is 29.2 Å². The molecule has 2 aromatic rings. The van der Waals surface area contributed by atoms with Gasteiger partial charge in [-0.25, -0.2) is 14.8 Å². The van der Waals surface area contributed by atoms with Crippen molar-refractivity contribution < 1.29 is 9.90 Å². The van der Waals surface area contributed by atoms with Crippen LogP contribution in [0.1, 0.15) is 21.7 Å². The number of carboxylic acids is 1. The second-order valence-electron chi connectivity index (χ2n) is 5.14. The number of carboxylic acid groups (broad SMARTS) is 1. The molecule has 8 heteroatoms. The molecule has 1 aliphatic rings. The fraction of sp³-hybridized carbons (Fsp3) is 0.286. The van der Waals surface area contributed by atoms with Crippen LogP contribution in [-0.4, -0.2) is 44.5 Å². The predicted molar refractivity (Wildman–Crippen MR) is 81.6 cm³/mol. The second kappa shape index (κ2) is 5.86. The number of anilines is 2. The summed E-state index contributed by atoms with van der Waals surface area (Å²) in [4.78, 5) is 25.6. The van der Waals surface area contributed by atoms with E-state index in [1.165, 1.54) is 6.20 Å². The van der Waals surface area contributed by atoms with Crippen molar-refractivity contribution in [2.75, 3.05) is 18.9 Å². The fourth-order valence-corrected chi connectivity index (χ4v) is 2.51. The minimum Gasteiger partial charge on any atom is -0.476 e. The van der Waals surface area contributed by atoms with Crippen LogP contribution in [-0.2, 0) is 13.0 Å². The summed E-state index contributed by atoms with van der Waals surface area (Å²) >= 11 is 5.75. The van der Waals surface area contributed by atoms with Gasteiger partial charge in [0, 0.05) is 25.2 Å². The highest BCUT2D eigenvalue weighted by atomic mass is 35.5. The van der Waals surface area contributed by atoms with E-state index in [-0.39, 0.29) is 16.7 Å². The summed E-state index contributed by atoms with van der Waals surface area (Å²) in [6.07, 6.45) is 3.88. The third-order valence-electron chi connectivity index (χ3n) is 3.43. The molecule has 0 atom stereocenters. The molecule has 1 aliphatic heterocycles. The lowest BCUT2D eigenvalue weighted by Gasteiger charge is -2.24. The molecule has 0 radical (unpaired) electrons. The Morgan fingerprint density at radius 3 is 3.00 bits per heavy atom. The average Bonchev–Trinajstić information content (AvgIpc) is 2.48. The van der Waals surface area contributed by atoms with E-state index < -0.39 is 5.97 Å². The Balaban J connectivity index is 1.86. The first-order valence-electron chi connectivity index (χ1n) is 6.72. The van der Waals surface area contributed by atoms with Crippen LogP contribution >= 0.6 is 11.6 Å². The number of nitrogens with one attached hydrogen (secondary N) is 1. The summed E-state index contributed by atoms with van der Waals surface area (Å²) in [5, 5.41) is 12.0. The molecule has 0 bridgehead atoms. The zero-order valence-electron chi connectivity index (χ0n) is 11.9. The molecular weight excluding hydrogens is 306 g/mol. The molecule has 0 aliphatic carbocycles. The minimum atomic E-state index is -1.19. The molecular formula is C14H14ClN5O2. The van der Waals surface area contributed by atoms with E-state index in [0.717, 1.165) is 30.8 Å². The summed E-state index contributed by atoms with van der Waals surface area (Å²) in [5.74, 6) is -1.02. The first-order chi connectivity index (χ1) is 10.5. The third kappa shape index (κ3) is 3.00. The van der Waals surface area contributed by atoms with Gasteiger partial charge in [-0.2, -0.15) is 0 Å². The number of nitrogens with zero attached hydrogens (tertiary/aromatic N) is 4. The van der Waals surface area contributed by atoms with Crippen molar-refractivity contribution in [3.05, 3.63) is 40.4 Å². The van der Waals surface area contributed by atoms with Crippen LogP contribution in [0.3, 0.4) is 0 Å². The lowest BCUT2D eigenvalue weighted by Crippen LogP contribution is -2.27. The van der Waals surface area contributed by atoms with E-state index in [1.807, 2.05) is 6.07 Å². The van der Waals surface area contributed by atoms with Crippen molar-refractivity contribution in [1.82, 2.24) is 19.9 Å². The molecule has 2 aromatic heterocycles. The zero-order chi connectivity index (χ0) is 15.7. The molecule has 3 rings (SSSR count). The molecule has 0 unspecified atom stereocenters. The van der Waals surface area contributed by atoms with Gasteiger partial charge in [-0.3, -0.25) is 4.98 Å². The van der Waals surface area contributed by atoms with Gasteiger partial charge < -0.3 is 15.3 Å². The van der Waals surface area contributed by atoms with Crippen LogP contribution in [0.25, 0.3) is 0 Å². The quantitative estimate of drug-likeness (QED) is 0.893. The molecule has 3 heterocycles. The highest BCUT2D eigenvalue weighted by Crippen LogP contribution is 2.22. The van der Waals surface area contributed by atoms with E-state index >= 15 is 0 Å². The standard InChI is InChI=1S/C14H14ClN5O2/c1-20-3-2-11-8(7-20)4-9(5-16-11)18-14-17-6-10(15)12(19-14)13(21)22/h4-6H,2-3,7H2,1H3,(H,21,22)(H,17,18,19). The molecule has 114 valence electrons. The Labute approximate surface area is 132 Å².